The predicted octanol–water partition coefficient (Wildman–Crippen LogP) is 3.16. The lowest BCUT2D eigenvalue weighted by molar-refractivity contribution is 0.0696. The highest BCUT2D eigenvalue weighted by Gasteiger charge is 2.17. The number of aromatic carboxylic acids is 1. The van der Waals surface area contributed by atoms with Gasteiger partial charge in [-0.2, -0.15) is 5.26 Å². The number of benzene rings is 2. The molecule has 0 unspecified atom stereocenters. The number of carboxylic acid groups (broad SMARTS) is 1. The van der Waals surface area contributed by atoms with E-state index in [0.717, 1.165) is 12.3 Å². The van der Waals surface area contributed by atoms with Crippen molar-refractivity contribution < 1.29 is 23.1 Å². The summed E-state index contributed by atoms with van der Waals surface area (Å²) < 4.78 is 31.5. The third kappa shape index (κ3) is 5.19. The molecule has 0 saturated carbocycles. The first kappa shape index (κ1) is 24.8. The van der Waals surface area contributed by atoms with Crippen LogP contribution < -0.4 is 10.3 Å². The first-order chi connectivity index (χ1) is 17.1. The molecule has 0 bridgehead atoms. The number of nitrogens with zero attached hydrogens (tertiary/aromatic N) is 4. The predicted molar refractivity (Wildman–Crippen MR) is 131 cm³/mol. The molecule has 12 heteroatoms. The zero-order chi connectivity index (χ0) is 26.0. The van der Waals surface area contributed by atoms with Crippen LogP contribution in [0.2, 0.25) is 5.02 Å². The van der Waals surface area contributed by atoms with Gasteiger partial charge in [0.05, 0.1) is 40.4 Å². The van der Waals surface area contributed by atoms with Crippen molar-refractivity contribution in [3.63, 3.8) is 0 Å². The minimum Gasteiger partial charge on any atom is -0.491 e. The van der Waals surface area contributed by atoms with Gasteiger partial charge in [-0.25, -0.2) is 23.2 Å². The summed E-state index contributed by atoms with van der Waals surface area (Å²) in [5, 5.41) is 19.1. The lowest BCUT2D eigenvalue weighted by atomic mass is 10.0. The lowest BCUT2D eigenvalue weighted by Gasteiger charge is -2.14. The average molecular weight is 525 g/mol. The zero-order valence-electron chi connectivity index (χ0n) is 18.7. The summed E-state index contributed by atoms with van der Waals surface area (Å²) in [6.07, 6.45) is 3.68. The number of carboxylic acids is 1. The quantitative estimate of drug-likeness (QED) is 0.384. The van der Waals surface area contributed by atoms with Crippen LogP contribution in [0.5, 0.6) is 5.75 Å². The van der Waals surface area contributed by atoms with Gasteiger partial charge in [0, 0.05) is 16.8 Å². The van der Waals surface area contributed by atoms with Crippen LogP contribution in [0.25, 0.3) is 22.0 Å². The Kier molecular flexibility index (Phi) is 6.74. The van der Waals surface area contributed by atoms with Gasteiger partial charge < -0.3 is 9.84 Å². The van der Waals surface area contributed by atoms with Crippen LogP contribution in [0.1, 0.15) is 16.1 Å². The van der Waals surface area contributed by atoms with E-state index in [-0.39, 0.29) is 45.8 Å². The normalized spacial score (nSPS) is 11.2. The van der Waals surface area contributed by atoms with Crippen molar-refractivity contribution in [2.75, 3.05) is 12.9 Å². The molecule has 2 heterocycles. The number of sulfone groups is 1. The standard InChI is InChI=1S/C24H17ClN4O6S/c1-36(33,34)18-7-14(6-15(8-18)24(31)32)19-9-16(25)2-3-22(19)35-5-4-29-13-28-21-12-27-17(11-26)10-20(21)23(29)30/h2-3,6-10,12-13H,4-5H2,1H3,(H,31,32). The van der Waals surface area contributed by atoms with Gasteiger partial charge in [0.25, 0.3) is 5.56 Å². The number of nitriles is 1. The van der Waals surface area contributed by atoms with Gasteiger partial charge in [0.2, 0.25) is 0 Å². The number of hydrogen-bond donors (Lipinski definition) is 1. The Morgan fingerprint density at radius 2 is 1.97 bits per heavy atom. The Morgan fingerprint density at radius 3 is 2.67 bits per heavy atom. The minimum absolute atomic E-state index is 0.0233. The molecule has 0 atom stereocenters. The molecule has 182 valence electrons. The van der Waals surface area contributed by atoms with Gasteiger partial charge in [-0.3, -0.25) is 9.36 Å². The van der Waals surface area contributed by atoms with Crippen LogP contribution in [0.15, 0.2) is 64.7 Å². The largest absolute Gasteiger partial charge is 0.491 e. The lowest BCUT2D eigenvalue weighted by Crippen LogP contribution is -2.23. The summed E-state index contributed by atoms with van der Waals surface area (Å²) in [5.74, 6) is -0.983. The molecule has 2 aromatic heterocycles. The second-order valence-corrected chi connectivity index (χ2v) is 10.2. The highest BCUT2D eigenvalue weighted by atomic mass is 35.5. The van der Waals surface area contributed by atoms with E-state index in [1.54, 1.807) is 12.1 Å². The van der Waals surface area contributed by atoms with E-state index in [1.165, 1.54) is 41.4 Å². The van der Waals surface area contributed by atoms with Crippen molar-refractivity contribution in [3.05, 3.63) is 81.6 Å². The van der Waals surface area contributed by atoms with Gasteiger partial charge in [-0.1, -0.05) is 11.6 Å². The number of carbonyl (C=O) groups is 1. The maximum atomic E-state index is 12.8. The van der Waals surface area contributed by atoms with E-state index in [2.05, 4.69) is 9.97 Å². The van der Waals surface area contributed by atoms with E-state index in [9.17, 15) is 23.1 Å². The molecule has 0 fully saturated rings. The SMILES string of the molecule is CS(=O)(=O)c1cc(C(=O)O)cc(-c2cc(Cl)ccc2OCCn2cnc3cnc(C#N)cc3c2=O)c1. The fourth-order valence-corrected chi connectivity index (χ4v) is 4.34. The number of halogens is 1. The monoisotopic (exact) mass is 524 g/mol. The number of rotatable bonds is 7. The van der Waals surface area contributed by atoms with Crippen LogP contribution in [-0.4, -0.2) is 46.9 Å². The van der Waals surface area contributed by atoms with Crippen molar-refractivity contribution in [1.29, 1.82) is 5.26 Å². The van der Waals surface area contributed by atoms with Crippen LogP contribution in [0.3, 0.4) is 0 Å². The van der Waals surface area contributed by atoms with E-state index in [4.69, 9.17) is 21.6 Å². The Labute approximate surface area is 209 Å². The number of aromatic nitrogens is 3. The second kappa shape index (κ2) is 9.77. The molecule has 0 spiro atoms. The Hall–Kier alpha value is -4.27. The van der Waals surface area contributed by atoms with Gasteiger partial charge in [-0.15, -0.1) is 0 Å². The number of ether oxygens (including phenoxy) is 1. The van der Waals surface area contributed by atoms with Gasteiger partial charge in [0.1, 0.15) is 24.1 Å². The van der Waals surface area contributed by atoms with E-state index < -0.39 is 15.8 Å². The third-order valence-electron chi connectivity index (χ3n) is 5.25. The summed E-state index contributed by atoms with van der Waals surface area (Å²) in [6, 6.07) is 11.7. The zero-order valence-corrected chi connectivity index (χ0v) is 20.2. The van der Waals surface area contributed by atoms with E-state index >= 15 is 0 Å². The van der Waals surface area contributed by atoms with Crippen molar-refractivity contribution >= 4 is 38.3 Å². The smallest absolute Gasteiger partial charge is 0.335 e. The molecule has 1 N–H and O–H groups in total. The molecule has 4 aromatic rings. The topological polar surface area (TPSA) is 152 Å². The van der Waals surface area contributed by atoms with Crippen LogP contribution in [-0.2, 0) is 16.4 Å². The molecule has 0 amide bonds. The minimum atomic E-state index is -3.70. The molecule has 0 aliphatic rings. The third-order valence-corrected chi connectivity index (χ3v) is 6.58. The summed E-state index contributed by atoms with van der Waals surface area (Å²) in [4.78, 5) is 32.3. The van der Waals surface area contributed by atoms with Crippen LogP contribution >= 0.6 is 11.6 Å². The van der Waals surface area contributed by atoms with Gasteiger partial charge >= 0.3 is 5.97 Å². The first-order valence-corrected chi connectivity index (χ1v) is 12.6. The van der Waals surface area contributed by atoms with Crippen molar-refractivity contribution in [2.24, 2.45) is 0 Å². The number of hydrogen-bond acceptors (Lipinski definition) is 8. The first-order valence-electron chi connectivity index (χ1n) is 10.3. The summed E-state index contributed by atoms with van der Waals surface area (Å²) in [6.45, 7) is 0.132. The van der Waals surface area contributed by atoms with Crippen molar-refractivity contribution in [3.8, 4) is 22.9 Å². The Bertz CT molecular complexity index is 1730. The molecule has 0 radical (unpaired) electrons. The van der Waals surface area contributed by atoms with Crippen LogP contribution in [0.4, 0.5) is 0 Å². The molecular weight excluding hydrogens is 508 g/mol. The molecular formula is C24H17ClN4O6S. The fourth-order valence-electron chi connectivity index (χ4n) is 3.48. The average Bonchev–Trinajstić information content (AvgIpc) is 2.85. The maximum Gasteiger partial charge on any atom is 0.335 e. The molecule has 2 aromatic carbocycles. The van der Waals surface area contributed by atoms with Crippen molar-refractivity contribution in [1.82, 2.24) is 14.5 Å². The fraction of sp³-hybridized carbons (Fsp3) is 0.125. The number of pyridine rings is 1. The summed E-state index contributed by atoms with van der Waals surface area (Å²) in [7, 11) is -3.70. The highest BCUT2D eigenvalue weighted by molar-refractivity contribution is 7.90. The van der Waals surface area contributed by atoms with Gasteiger partial charge in [0.15, 0.2) is 9.84 Å². The summed E-state index contributed by atoms with van der Waals surface area (Å²) in [5.41, 5.74) is 0.539. The summed E-state index contributed by atoms with van der Waals surface area (Å²) >= 11 is 6.16. The second-order valence-electron chi connectivity index (χ2n) is 7.75. The molecule has 0 saturated heterocycles. The van der Waals surface area contributed by atoms with Gasteiger partial charge in [-0.05, 0) is 48.0 Å². The van der Waals surface area contributed by atoms with Crippen molar-refractivity contribution in [2.45, 2.75) is 11.4 Å². The molecule has 4 rings (SSSR count). The maximum absolute atomic E-state index is 12.8. The Balaban J connectivity index is 1.66. The Morgan fingerprint density at radius 1 is 1.19 bits per heavy atom. The highest BCUT2D eigenvalue weighted by Crippen LogP contribution is 2.34. The number of fused-ring (bicyclic) bond motifs is 1. The molecule has 0 aliphatic heterocycles. The van der Waals surface area contributed by atoms with E-state index in [0.29, 0.717) is 21.9 Å². The molecule has 0 aliphatic carbocycles. The van der Waals surface area contributed by atoms with Crippen LogP contribution in [0, 0.1) is 11.3 Å². The molecule has 36 heavy (non-hydrogen) atoms. The molecule has 10 nitrogen and oxygen atoms in total. The van der Waals surface area contributed by atoms with E-state index in [1.807, 2.05) is 6.07 Å².